The van der Waals surface area contributed by atoms with E-state index in [9.17, 15) is 9.59 Å². The van der Waals surface area contributed by atoms with Gasteiger partial charge in [0.05, 0.1) is 5.69 Å². The van der Waals surface area contributed by atoms with Crippen LogP contribution >= 0.6 is 11.3 Å². The van der Waals surface area contributed by atoms with Crippen molar-refractivity contribution in [3.63, 3.8) is 0 Å². The van der Waals surface area contributed by atoms with E-state index in [1.54, 1.807) is 17.3 Å². The number of amides is 3. The summed E-state index contributed by atoms with van der Waals surface area (Å²) < 4.78 is 0. The highest BCUT2D eigenvalue weighted by Crippen LogP contribution is 2.31. The number of aryl methyl sites for hydroxylation is 1. The van der Waals surface area contributed by atoms with Crippen molar-refractivity contribution in [2.45, 2.75) is 32.7 Å². The largest absolute Gasteiger partial charge is 0.347 e. The molecule has 2 aliphatic rings. The molecule has 4 rings (SSSR count). The van der Waals surface area contributed by atoms with E-state index in [-0.39, 0.29) is 11.9 Å². The summed E-state index contributed by atoms with van der Waals surface area (Å²) in [5.74, 6) is 0.485. The van der Waals surface area contributed by atoms with E-state index < -0.39 is 0 Å². The Bertz CT molecular complexity index is 834. The predicted molar refractivity (Wildman–Crippen MR) is 104 cm³/mol. The summed E-state index contributed by atoms with van der Waals surface area (Å²) in [6.45, 7) is 4.44. The van der Waals surface area contributed by atoms with Crippen molar-refractivity contribution in [3.05, 3.63) is 40.7 Å². The Labute approximate surface area is 162 Å². The zero-order chi connectivity index (χ0) is 18.8. The number of hydrogen-bond acceptors (Lipinski definition) is 5. The standard InChI is InChI=1S/C19H23N5O2S/c1-13-16(17(25)21-11-15-6-3-7-20-10-15)27-18(22-13)24-9-8-23(19(24)26)12-14-4-2-5-14/h3,6-7,10,14H,2,4-5,8-9,11-12H2,1H3,(H,21,25). The van der Waals surface area contributed by atoms with Gasteiger partial charge in [0, 0.05) is 38.6 Å². The van der Waals surface area contributed by atoms with Gasteiger partial charge in [0.15, 0.2) is 5.13 Å². The number of nitrogens with one attached hydrogen (secondary N) is 1. The van der Waals surface area contributed by atoms with E-state index in [0.717, 1.165) is 18.7 Å². The van der Waals surface area contributed by atoms with Crippen LogP contribution in [0.4, 0.5) is 9.93 Å². The summed E-state index contributed by atoms with van der Waals surface area (Å²) in [4.78, 5) is 37.9. The second-order valence-electron chi connectivity index (χ2n) is 7.13. The first-order valence-corrected chi connectivity index (χ1v) is 10.1. The Hall–Kier alpha value is -2.48. The summed E-state index contributed by atoms with van der Waals surface area (Å²) in [7, 11) is 0. The summed E-state index contributed by atoms with van der Waals surface area (Å²) in [6.07, 6.45) is 7.15. The zero-order valence-corrected chi connectivity index (χ0v) is 16.2. The van der Waals surface area contributed by atoms with Gasteiger partial charge in [-0.1, -0.05) is 23.8 Å². The van der Waals surface area contributed by atoms with Gasteiger partial charge in [0.25, 0.3) is 5.91 Å². The van der Waals surface area contributed by atoms with Gasteiger partial charge in [-0.3, -0.25) is 14.7 Å². The van der Waals surface area contributed by atoms with Crippen molar-refractivity contribution >= 4 is 28.4 Å². The molecular formula is C19H23N5O2S. The van der Waals surface area contributed by atoms with Crippen LogP contribution in [-0.2, 0) is 6.54 Å². The Morgan fingerprint density at radius 3 is 2.93 bits per heavy atom. The first-order valence-electron chi connectivity index (χ1n) is 9.33. The maximum atomic E-state index is 12.7. The summed E-state index contributed by atoms with van der Waals surface area (Å²) in [5, 5.41) is 3.51. The van der Waals surface area contributed by atoms with E-state index >= 15 is 0 Å². The molecule has 0 bridgehead atoms. The minimum atomic E-state index is -0.168. The SMILES string of the molecule is Cc1nc(N2CCN(CC3CCC3)C2=O)sc1C(=O)NCc1cccnc1. The van der Waals surface area contributed by atoms with Crippen LogP contribution in [0.1, 0.15) is 40.2 Å². The number of rotatable bonds is 6. The molecule has 27 heavy (non-hydrogen) atoms. The number of thiazole rings is 1. The number of carbonyl (C=O) groups is 2. The number of carbonyl (C=O) groups excluding carboxylic acids is 2. The average Bonchev–Trinajstić information content (AvgIpc) is 3.19. The fourth-order valence-electron chi connectivity index (χ4n) is 3.39. The van der Waals surface area contributed by atoms with E-state index in [4.69, 9.17) is 0 Å². The third kappa shape index (κ3) is 3.80. The smallest absolute Gasteiger partial charge is 0.326 e. The second kappa shape index (κ2) is 7.64. The molecule has 0 spiro atoms. The van der Waals surface area contributed by atoms with Gasteiger partial charge >= 0.3 is 6.03 Å². The molecule has 8 heteroatoms. The molecular weight excluding hydrogens is 362 g/mol. The number of aromatic nitrogens is 2. The predicted octanol–water partition coefficient (Wildman–Crippen LogP) is 2.82. The van der Waals surface area contributed by atoms with Crippen LogP contribution < -0.4 is 10.2 Å². The number of pyridine rings is 1. The Balaban J connectivity index is 1.40. The quantitative estimate of drug-likeness (QED) is 0.829. The normalized spacial score (nSPS) is 17.3. The molecule has 2 aromatic heterocycles. The molecule has 7 nitrogen and oxygen atoms in total. The fraction of sp³-hybridized carbons (Fsp3) is 0.474. The van der Waals surface area contributed by atoms with Gasteiger partial charge < -0.3 is 10.2 Å². The minimum absolute atomic E-state index is 0.0120. The maximum absolute atomic E-state index is 12.7. The fourth-order valence-corrected chi connectivity index (χ4v) is 4.39. The summed E-state index contributed by atoms with van der Waals surface area (Å²) >= 11 is 1.28. The lowest BCUT2D eigenvalue weighted by Gasteiger charge is -2.29. The van der Waals surface area contributed by atoms with Crippen molar-refractivity contribution in [2.24, 2.45) is 5.92 Å². The van der Waals surface area contributed by atoms with Gasteiger partial charge in [0.1, 0.15) is 4.88 Å². The molecule has 2 aromatic rings. The molecule has 0 radical (unpaired) electrons. The minimum Gasteiger partial charge on any atom is -0.347 e. The molecule has 1 aliphatic heterocycles. The highest BCUT2D eigenvalue weighted by Gasteiger charge is 2.34. The monoisotopic (exact) mass is 385 g/mol. The van der Waals surface area contributed by atoms with Gasteiger partial charge in [-0.25, -0.2) is 9.78 Å². The summed E-state index contributed by atoms with van der Waals surface area (Å²) in [6, 6.07) is 3.77. The van der Waals surface area contributed by atoms with Gasteiger partial charge in [-0.15, -0.1) is 0 Å². The third-order valence-corrected chi connectivity index (χ3v) is 6.38. The second-order valence-corrected chi connectivity index (χ2v) is 8.11. The molecule has 1 saturated carbocycles. The number of hydrogen-bond donors (Lipinski definition) is 1. The highest BCUT2D eigenvalue weighted by atomic mass is 32.1. The van der Waals surface area contributed by atoms with E-state index in [1.807, 2.05) is 24.0 Å². The van der Waals surface area contributed by atoms with E-state index in [0.29, 0.717) is 34.7 Å². The first kappa shape index (κ1) is 17.9. The van der Waals surface area contributed by atoms with Crippen LogP contribution in [0.25, 0.3) is 0 Å². The first-order chi connectivity index (χ1) is 13.1. The summed E-state index contributed by atoms with van der Waals surface area (Å²) in [5.41, 5.74) is 1.60. The Kier molecular flexibility index (Phi) is 5.07. The van der Waals surface area contributed by atoms with Crippen LogP contribution in [0.5, 0.6) is 0 Å². The Morgan fingerprint density at radius 2 is 2.22 bits per heavy atom. The molecule has 1 saturated heterocycles. The highest BCUT2D eigenvalue weighted by molar-refractivity contribution is 7.17. The van der Waals surface area contributed by atoms with Gasteiger partial charge in [0.2, 0.25) is 0 Å². The number of nitrogens with zero attached hydrogens (tertiary/aromatic N) is 4. The van der Waals surface area contributed by atoms with Crippen LogP contribution in [0.2, 0.25) is 0 Å². The molecule has 0 aromatic carbocycles. The maximum Gasteiger partial charge on any atom is 0.326 e. The Morgan fingerprint density at radius 1 is 1.37 bits per heavy atom. The topological polar surface area (TPSA) is 78.4 Å². The molecule has 3 heterocycles. The van der Waals surface area contributed by atoms with Gasteiger partial charge in [-0.2, -0.15) is 0 Å². The molecule has 0 unspecified atom stereocenters. The molecule has 142 valence electrons. The lowest BCUT2D eigenvalue weighted by atomic mass is 9.85. The average molecular weight is 385 g/mol. The lowest BCUT2D eigenvalue weighted by molar-refractivity contribution is 0.0954. The van der Waals surface area contributed by atoms with Crippen molar-refractivity contribution in [3.8, 4) is 0 Å². The van der Waals surface area contributed by atoms with Crippen molar-refractivity contribution in [2.75, 3.05) is 24.5 Å². The molecule has 1 N–H and O–H groups in total. The van der Waals surface area contributed by atoms with Crippen LogP contribution in [-0.4, -0.2) is 46.4 Å². The molecule has 2 fully saturated rings. The zero-order valence-electron chi connectivity index (χ0n) is 15.4. The van der Waals surface area contributed by atoms with E-state index in [2.05, 4.69) is 15.3 Å². The van der Waals surface area contributed by atoms with Crippen molar-refractivity contribution in [1.82, 2.24) is 20.2 Å². The van der Waals surface area contributed by atoms with E-state index in [1.165, 1.54) is 30.6 Å². The number of anilines is 1. The van der Waals surface area contributed by atoms with Crippen LogP contribution in [0, 0.1) is 12.8 Å². The third-order valence-electron chi connectivity index (χ3n) is 5.20. The van der Waals surface area contributed by atoms with Gasteiger partial charge in [-0.05, 0) is 37.3 Å². The van der Waals surface area contributed by atoms with Crippen molar-refractivity contribution in [1.29, 1.82) is 0 Å². The van der Waals surface area contributed by atoms with Crippen LogP contribution in [0.15, 0.2) is 24.5 Å². The van der Waals surface area contributed by atoms with Crippen LogP contribution in [0.3, 0.4) is 0 Å². The number of urea groups is 1. The molecule has 1 aliphatic carbocycles. The van der Waals surface area contributed by atoms with Crippen molar-refractivity contribution < 1.29 is 9.59 Å². The molecule has 0 atom stereocenters. The lowest BCUT2D eigenvalue weighted by Crippen LogP contribution is -2.36. The molecule has 3 amide bonds.